The minimum absolute atomic E-state index is 0.410. The molecular weight excluding hydrogens is 308 g/mol. The van der Waals surface area contributed by atoms with E-state index in [0.29, 0.717) is 17.4 Å². The van der Waals surface area contributed by atoms with E-state index < -0.39 is 5.97 Å². The van der Waals surface area contributed by atoms with Crippen LogP contribution in [0.3, 0.4) is 0 Å². The number of carbonyl (C=O) groups is 1. The number of hydrogen-bond acceptors (Lipinski definition) is 1. The van der Waals surface area contributed by atoms with Crippen LogP contribution in [0, 0.1) is 0 Å². The van der Waals surface area contributed by atoms with Gasteiger partial charge in [0, 0.05) is 0 Å². The molecule has 0 aromatic heterocycles. The molecule has 2 aromatic rings. The number of carboxylic acids is 1. The fourth-order valence-electron chi connectivity index (χ4n) is 5.19. The maximum Gasteiger partial charge on any atom is 0.336 e. The molecule has 25 heavy (non-hydrogen) atoms. The van der Waals surface area contributed by atoms with Crippen molar-refractivity contribution >= 4 is 16.7 Å². The van der Waals surface area contributed by atoms with Gasteiger partial charge in [-0.05, 0) is 65.5 Å². The Morgan fingerprint density at radius 2 is 1.44 bits per heavy atom. The molecular formula is C23H28O2. The Kier molecular flexibility index (Phi) is 4.78. The van der Waals surface area contributed by atoms with E-state index in [-0.39, 0.29) is 0 Å². The van der Waals surface area contributed by atoms with Gasteiger partial charge < -0.3 is 5.11 Å². The molecule has 2 aliphatic rings. The fourth-order valence-corrected chi connectivity index (χ4v) is 5.19. The van der Waals surface area contributed by atoms with E-state index in [1.165, 1.54) is 49.3 Å². The predicted octanol–water partition coefficient (Wildman–Crippen LogP) is 6.63. The summed E-state index contributed by atoms with van der Waals surface area (Å²) in [6, 6.07) is 10.6. The Bertz CT molecular complexity index is 765. The molecule has 0 bridgehead atoms. The van der Waals surface area contributed by atoms with Gasteiger partial charge in [-0.2, -0.15) is 0 Å². The van der Waals surface area contributed by atoms with E-state index in [2.05, 4.69) is 30.3 Å². The normalized spacial score (nSPS) is 20.0. The lowest BCUT2D eigenvalue weighted by Crippen LogP contribution is -2.17. The molecule has 0 heterocycles. The Morgan fingerprint density at radius 1 is 0.840 bits per heavy atom. The van der Waals surface area contributed by atoms with Crippen molar-refractivity contribution in [2.75, 3.05) is 0 Å². The maximum absolute atomic E-state index is 12.4. The van der Waals surface area contributed by atoms with E-state index in [0.717, 1.165) is 36.8 Å². The zero-order valence-corrected chi connectivity index (χ0v) is 15.0. The average Bonchev–Trinajstić information content (AvgIpc) is 2.67. The lowest BCUT2D eigenvalue weighted by molar-refractivity contribution is 0.0693. The summed E-state index contributed by atoms with van der Waals surface area (Å²) in [5.41, 5.74) is 2.91. The average molecular weight is 336 g/mol. The first-order chi connectivity index (χ1) is 12.3. The van der Waals surface area contributed by atoms with Crippen molar-refractivity contribution in [3.63, 3.8) is 0 Å². The van der Waals surface area contributed by atoms with E-state index in [1.54, 1.807) is 0 Å². The zero-order chi connectivity index (χ0) is 17.2. The fraction of sp³-hybridized carbons (Fsp3) is 0.522. The zero-order valence-electron chi connectivity index (χ0n) is 15.0. The lowest BCUT2D eigenvalue weighted by Gasteiger charge is -2.29. The van der Waals surface area contributed by atoms with Gasteiger partial charge in [-0.15, -0.1) is 0 Å². The third-order valence-corrected chi connectivity index (χ3v) is 6.39. The first-order valence-corrected chi connectivity index (χ1v) is 10.0. The molecule has 0 radical (unpaired) electrons. The molecule has 2 nitrogen and oxygen atoms in total. The van der Waals surface area contributed by atoms with Crippen LogP contribution in [0.5, 0.6) is 0 Å². The Morgan fingerprint density at radius 3 is 2.08 bits per heavy atom. The van der Waals surface area contributed by atoms with Gasteiger partial charge in [-0.3, -0.25) is 0 Å². The number of hydrogen-bond donors (Lipinski definition) is 1. The number of fused-ring (bicyclic) bond motifs is 1. The largest absolute Gasteiger partial charge is 0.478 e. The van der Waals surface area contributed by atoms with E-state index >= 15 is 0 Å². The predicted molar refractivity (Wildman–Crippen MR) is 103 cm³/mol. The summed E-state index contributed by atoms with van der Waals surface area (Å²) in [7, 11) is 0. The number of carboxylic acid groups (broad SMARTS) is 1. The van der Waals surface area contributed by atoms with Crippen molar-refractivity contribution in [1.29, 1.82) is 0 Å². The summed E-state index contributed by atoms with van der Waals surface area (Å²) in [4.78, 5) is 12.4. The smallest absolute Gasteiger partial charge is 0.336 e. The molecule has 2 saturated carbocycles. The second-order valence-electron chi connectivity index (χ2n) is 7.95. The highest BCUT2D eigenvalue weighted by molar-refractivity contribution is 6.00. The molecule has 132 valence electrons. The van der Waals surface area contributed by atoms with Crippen LogP contribution in [-0.2, 0) is 0 Å². The highest BCUT2D eigenvalue weighted by Gasteiger charge is 2.29. The van der Waals surface area contributed by atoms with E-state index in [4.69, 9.17) is 0 Å². The summed E-state index contributed by atoms with van der Waals surface area (Å²) in [5, 5.41) is 12.6. The Labute approximate surface area is 150 Å². The third-order valence-electron chi connectivity index (χ3n) is 6.39. The van der Waals surface area contributed by atoms with Crippen LogP contribution < -0.4 is 0 Å². The first kappa shape index (κ1) is 16.6. The highest BCUT2D eigenvalue weighted by atomic mass is 16.4. The van der Waals surface area contributed by atoms with Gasteiger partial charge in [0.15, 0.2) is 0 Å². The molecule has 0 unspecified atom stereocenters. The summed E-state index contributed by atoms with van der Waals surface area (Å²) >= 11 is 0. The van der Waals surface area contributed by atoms with Crippen LogP contribution in [0.4, 0.5) is 0 Å². The van der Waals surface area contributed by atoms with Gasteiger partial charge in [0.05, 0.1) is 5.56 Å². The number of rotatable bonds is 3. The monoisotopic (exact) mass is 336 g/mol. The minimum Gasteiger partial charge on any atom is -0.478 e. The van der Waals surface area contributed by atoms with Crippen LogP contribution in [-0.4, -0.2) is 11.1 Å². The van der Waals surface area contributed by atoms with Crippen molar-refractivity contribution in [1.82, 2.24) is 0 Å². The van der Waals surface area contributed by atoms with Crippen molar-refractivity contribution in [2.24, 2.45) is 0 Å². The molecule has 2 fully saturated rings. The van der Waals surface area contributed by atoms with Gasteiger partial charge in [0.25, 0.3) is 0 Å². The third kappa shape index (κ3) is 3.19. The minimum atomic E-state index is -0.716. The standard InChI is InChI=1S/C23H28O2/c24-23(25)22-20(16-9-3-1-4-10-16)15-18-13-7-8-14-19(18)21(22)17-11-5-2-6-12-17/h7-8,13-17H,1-6,9-12H2,(H,24,25). The molecule has 0 saturated heterocycles. The maximum atomic E-state index is 12.4. The first-order valence-electron chi connectivity index (χ1n) is 10.0. The Balaban J connectivity index is 1.94. The van der Waals surface area contributed by atoms with E-state index in [1.807, 2.05) is 0 Å². The summed E-state index contributed by atoms with van der Waals surface area (Å²) in [6.07, 6.45) is 12.1. The van der Waals surface area contributed by atoms with Crippen LogP contribution in [0.1, 0.15) is 97.5 Å². The number of benzene rings is 2. The second-order valence-corrected chi connectivity index (χ2v) is 7.95. The quantitative estimate of drug-likeness (QED) is 0.682. The van der Waals surface area contributed by atoms with Gasteiger partial charge in [0.2, 0.25) is 0 Å². The molecule has 1 N–H and O–H groups in total. The highest BCUT2D eigenvalue weighted by Crippen LogP contribution is 2.43. The molecule has 0 aliphatic heterocycles. The van der Waals surface area contributed by atoms with Gasteiger partial charge in [-0.1, -0.05) is 62.8 Å². The summed E-state index contributed by atoms with van der Waals surface area (Å²) < 4.78 is 0. The summed E-state index contributed by atoms with van der Waals surface area (Å²) in [5.74, 6) is 0.118. The molecule has 2 aliphatic carbocycles. The molecule has 0 spiro atoms. The van der Waals surface area contributed by atoms with Gasteiger partial charge >= 0.3 is 5.97 Å². The van der Waals surface area contributed by atoms with Crippen molar-refractivity contribution in [3.05, 3.63) is 47.0 Å². The molecule has 0 amide bonds. The molecule has 4 rings (SSSR count). The van der Waals surface area contributed by atoms with Crippen LogP contribution in [0.25, 0.3) is 10.8 Å². The topological polar surface area (TPSA) is 37.3 Å². The van der Waals surface area contributed by atoms with Crippen molar-refractivity contribution in [3.8, 4) is 0 Å². The SMILES string of the molecule is O=C(O)c1c(C2CCCCC2)cc2ccccc2c1C1CCCCC1. The molecule has 2 heteroatoms. The summed E-state index contributed by atoms with van der Waals surface area (Å²) in [6.45, 7) is 0. The second kappa shape index (κ2) is 7.19. The number of aromatic carboxylic acids is 1. The van der Waals surface area contributed by atoms with Crippen molar-refractivity contribution < 1.29 is 9.90 Å². The Hall–Kier alpha value is -1.83. The molecule has 0 atom stereocenters. The molecule has 2 aromatic carbocycles. The van der Waals surface area contributed by atoms with Crippen LogP contribution in [0.15, 0.2) is 30.3 Å². The van der Waals surface area contributed by atoms with Crippen molar-refractivity contribution in [2.45, 2.75) is 76.0 Å². The van der Waals surface area contributed by atoms with E-state index in [9.17, 15) is 9.90 Å². The van der Waals surface area contributed by atoms with Crippen LogP contribution in [0.2, 0.25) is 0 Å². The lowest BCUT2D eigenvalue weighted by atomic mass is 9.74. The van der Waals surface area contributed by atoms with Gasteiger partial charge in [-0.25, -0.2) is 4.79 Å². The van der Waals surface area contributed by atoms with Crippen LogP contribution >= 0.6 is 0 Å². The van der Waals surface area contributed by atoms with Gasteiger partial charge in [0.1, 0.15) is 0 Å².